The Kier molecular flexibility index (Phi) is 7.73. The summed E-state index contributed by atoms with van der Waals surface area (Å²) >= 11 is 0. The van der Waals surface area contributed by atoms with Crippen molar-refractivity contribution in [3.05, 3.63) is 0 Å². The van der Waals surface area contributed by atoms with Gasteiger partial charge in [-0.05, 0) is 0 Å². The van der Waals surface area contributed by atoms with E-state index in [1.165, 1.54) is 7.11 Å². The molecule has 0 saturated carbocycles. The predicted octanol–water partition coefficient (Wildman–Crippen LogP) is 0.141. The van der Waals surface area contributed by atoms with Crippen LogP contribution < -0.4 is 5.73 Å². The molecule has 0 fully saturated rings. The van der Waals surface area contributed by atoms with Crippen LogP contribution in [0, 0.1) is 0 Å². The first kappa shape index (κ1) is 15.2. The minimum absolute atomic E-state index is 0.248. The van der Waals surface area contributed by atoms with Gasteiger partial charge in [-0.1, -0.05) is 0 Å². The first-order valence-corrected chi connectivity index (χ1v) is 3.32. The highest BCUT2D eigenvalue weighted by Gasteiger charge is 2.38. The van der Waals surface area contributed by atoms with Gasteiger partial charge in [0.2, 0.25) is 0 Å². The highest BCUT2D eigenvalue weighted by Crippen LogP contribution is 2.13. The maximum Gasteiger partial charge on any atom is 0.490 e. The zero-order valence-corrected chi connectivity index (χ0v) is 7.30. The van der Waals surface area contributed by atoms with E-state index in [2.05, 4.69) is 4.74 Å². The lowest BCUT2D eigenvalue weighted by Crippen LogP contribution is -2.21. The Labute approximate surface area is 77.6 Å². The minimum Gasteiger partial charge on any atom is -0.475 e. The van der Waals surface area contributed by atoms with Gasteiger partial charge in [0.1, 0.15) is 0 Å². The Hall–Kier alpha value is -1.31. The largest absolute Gasteiger partial charge is 0.490 e. The Morgan fingerprint density at radius 2 is 1.79 bits per heavy atom. The van der Waals surface area contributed by atoms with Crippen molar-refractivity contribution in [1.82, 2.24) is 0 Å². The monoisotopic (exact) mass is 217 g/mol. The molecule has 0 heterocycles. The van der Waals surface area contributed by atoms with Crippen molar-refractivity contribution in [3.8, 4) is 0 Å². The van der Waals surface area contributed by atoms with Crippen molar-refractivity contribution in [2.45, 2.75) is 12.6 Å². The molecule has 3 N–H and O–H groups in total. The van der Waals surface area contributed by atoms with Gasteiger partial charge in [-0.15, -0.1) is 0 Å². The molecule has 0 unspecified atom stereocenters. The normalized spacial score (nSPS) is 9.79. The highest BCUT2D eigenvalue weighted by atomic mass is 19.4. The lowest BCUT2D eigenvalue weighted by atomic mass is 10.4. The zero-order valence-electron chi connectivity index (χ0n) is 7.30. The van der Waals surface area contributed by atoms with Crippen LogP contribution in [-0.2, 0) is 14.3 Å². The van der Waals surface area contributed by atoms with E-state index in [1.807, 2.05) is 0 Å². The molecule has 0 saturated heterocycles. The number of aliphatic carboxylic acids is 1. The summed E-state index contributed by atoms with van der Waals surface area (Å²) in [5.74, 6) is -3.00. The van der Waals surface area contributed by atoms with E-state index < -0.39 is 12.1 Å². The van der Waals surface area contributed by atoms with E-state index in [1.54, 1.807) is 0 Å². The third-order valence-electron chi connectivity index (χ3n) is 0.819. The maximum atomic E-state index is 10.6. The second-order valence-electron chi connectivity index (χ2n) is 1.92. The zero-order chi connectivity index (χ0) is 11.8. The van der Waals surface area contributed by atoms with Gasteiger partial charge in [-0.25, -0.2) is 4.79 Å². The molecule has 0 aromatic carbocycles. The lowest BCUT2D eigenvalue weighted by Gasteiger charge is -1.93. The molecule has 0 bridgehead atoms. The molecule has 14 heavy (non-hydrogen) atoms. The van der Waals surface area contributed by atoms with Gasteiger partial charge in [-0.2, -0.15) is 13.2 Å². The second-order valence-corrected chi connectivity index (χ2v) is 1.92. The predicted molar refractivity (Wildman–Crippen MR) is 39.4 cm³/mol. The van der Waals surface area contributed by atoms with Crippen LogP contribution in [0.25, 0.3) is 0 Å². The van der Waals surface area contributed by atoms with E-state index >= 15 is 0 Å². The van der Waals surface area contributed by atoms with Gasteiger partial charge in [0.15, 0.2) is 0 Å². The first-order chi connectivity index (χ1) is 6.25. The number of esters is 1. The van der Waals surface area contributed by atoms with Crippen molar-refractivity contribution in [2.24, 2.45) is 5.73 Å². The van der Waals surface area contributed by atoms with Crippen molar-refractivity contribution in [3.63, 3.8) is 0 Å². The number of carboxylic acids is 1. The Bertz CT molecular complexity index is 192. The molecule has 84 valence electrons. The fourth-order valence-corrected chi connectivity index (χ4v) is 0.220. The van der Waals surface area contributed by atoms with Crippen LogP contribution in [0.2, 0.25) is 0 Å². The summed E-state index contributed by atoms with van der Waals surface area (Å²) in [6, 6.07) is 0. The number of carboxylic acid groups (broad SMARTS) is 1. The van der Waals surface area contributed by atoms with Crippen LogP contribution in [0.15, 0.2) is 0 Å². The van der Waals surface area contributed by atoms with Crippen LogP contribution in [0.1, 0.15) is 6.42 Å². The molecular weight excluding hydrogens is 207 g/mol. The fraction of sp³-hybridized carbons (Fsp3) is 0.667. The molecule has 0 amide bonds. The molecule has 0 atom stereocenters. The Morgan fingerprint density at radius 1 is 1.43 bits per heavy atom. The average molecular weight is 217 g/mol. The molecule has 8 heteroatoms. The van der Waals surface area contributed by atoms with Gasteiger partial charge < -0.3 is 15.6 Å². The highest BCUT2D eigenvalue weighted by molar-refractivity contribution is 5.73. The second kappa shape index (κ2) is 7.13. The van der Waals surface area contributed by atoms with E-state index in [0.29, 0.717) is 13.0 Å². The Balaban J connectivity index is 0. The number of nitrogens with two attached hydrogens (primary N) is 1. The van der Waals surface area contributed by atoms with Crippen molar-refractivity contribution >= 4 is 11.9 Å². The summed E-state index contributed by atoms with van der Waals surface area (Å²) in [6.07, 6.45) is -4.77. The lowest BCUT2D eigenvalue weighted by molar-refractivity contribution is -0.192. The topological polar surface area (TPSA) is 89.6 Å². The summed E-state index contributed by atoms with van der Waals surface area (Å²) < 4.78 is 36.0. The summed E-state index contributed by atoms with van der Waals surface area (Å²) in [4.78, 5) is 19.0. The molecular formula is C6H10F3NO4. The smallest absolute Gasteiger partial charge is 0.475 e. The number of hydrogen-bond donors (Lipinski definition) is 2. The molecule has 0 aliphatic rings. The van der Waals surface area contributed by atoms with E-state index in [9.17, 15) is 18.0 Å². The number of carbonyl (C=O) groups excluding carboxylic acids is 1. The van der Waals surface area contributed by atoms with E-state index in [0.717, 1.165) is 0 Å². The number of halogens is 3. The van der Waals surface area contributed by atoms with Crippen LogP contribution >= 0.6 is 0 Å². The molecule has 0 aliphatic heterocycles. The van der Waals surface area contributed by atoms with Crippen LogP contribution in [0.3, 0.4) is 0 Å². The number of ether oxygens (including phenoxy) is 1. The maximum absolute atomic E-state index is 10.6. The van der Waals surface area contributed by atoms with Crippen LogP contribution in [0.5, 0.6) is 0 Å². The third-order valence-corrected chi connectivity index (χ3v) is 0.819. The number of carbonyl (C=O) groups is 2. The summed E-state index contributed by atoms with van der Waals surface area (Å²) in [7, 11) is 1.35. The van der Waals surface area contributed by atoms with Crippen molar-refractivity contribution in [1.29, 1.82) is 0 Å². The number of methoxy groups -OCH3 is 1. The first-order valence-electron chi connectivity index (χ1n) is 3.32. The van der Waals surface area contributed by atoms with Gasteiger partial charge >= 0.3 is 18.1 Å². The summed E-state index contributed by atoms with van der Waals surface area (Å²) in [5, 5.41) is 7.12. The van der Waals surface area contributed by atoms with Gasteiger partial charge in [0, 0.05) is 6.54 Å². The van der Waals surface area contributed by atoms with E-state index in [-0.39, 0.29) is 5.97 Å². The average Bonchev–Trinajstić information content (AvgIpc) is 2.04. The van der Waals surface area contributed by atoms with Crippen molar-refractivity contribution < 1.29 is 32.6 Å². The summed E-state index contributed by atoms with van der Waals surface area (Å²) in [5.41, 5.74) is 5.00. The number of hydrogen-bond acceptors (Lipinski definition) is 4. The Morgan fingerprint density at radius 3 is 1.86 bits per heavy atom. The molecule has 0 aliphatic carbocycles. The van der Waals surface area contributed by atoms with Gasteiger partial charge in [-0.3, -0.25) is 4.79 Å². The molecule has 0 rings (SSSR count). The quantitative estimate of drug-likeness (QED) is 0.642. The standard InChI is InChI=1S/C4H9NO2.C2HF3O2/c1-7-4(6)2-3-5;3-2(4,5)1(6)7/h2-3,5H2,1H3;(H,6,7). The third kappa shape index (κ3) is 10.7. The van der Waals surface area contributed by atoms with Gasteiger partial charge in [0.25, 0.3) is 0 Å². The van der Waals surface area contributed by atoms with Crippen molar-refractivity contribution in [2.75, 3.05) is 13.7 Å². The molecule has 5 nitrogen and oxygen atoms in total. The minimum atomic E-state index is -5.08. The van der Waals surface area contributed by atoms with E-state index in [4.69, 9.17) is 15.6 Å². The molecule has 0 aromatic heterocycles. The number of alkyl halides is 3. The van der Waals surface area contributed by atoms with Crippen LogP contribution in [0.4, 0.5) is 13.2 Å². The van der Waals surface area contributed by atoms with Crippen LogP contribution in [-0.4, -0.2) is 36.9 Å². The molecule has 0 spiro atoms. The van der Waals surface area contributed by atoms with Gasteiger partial charge in [0.05, 0.1) is 13.5 Å². The SMILES string of the molecule is COC(=O)CCN.O=C(O)C(F)(F)F. The fourth-order valence-electron chi connectivity index (χ4n) is 0.220. The number of rotatable bonds is 2. The summed E-state index contributed by atoms with van der Waals surface area (Å²) in [6.45, 7) is 0.368. The molecule has 0 radical (unpaired) electrons. The molecule has 0 aromatic rings.